The Morgan fingerprint density at radius 1 is 1.14 bits per heavy atom. The van der Waals surface area contributed by atoms with Crippen LogP contribution in [0.4, 0.5) is 22.3 Å². The van der Waals surface area contributed by atoms with Crippen LogP contribution in [0, 0.1) is 6.92 Å². The molecule has 2 aromatic heterocycles. The normalized spacial score (nSPS) is 10.5. The second-order valence-corrected chi connectivity index (χ2v) is 5.57. The Balaban J connectivity index is 1.85. The van der Waals surface area contributed by atoms with Gasteiger partial charge in [0, 0.05) is 28.5 Å². The number of thiazole rings is 1. The summed E-state index contributed by atoms with van der Waals surface area (Å²) in [4.78, 5) is 8.64. The molecule has 0 spiro atoms. The van der Waals surface area contributed by atoms with Crippen molar-refractivity contribution in [1.82, 2.24) is 9.97 Å². The molecule has 3 aromatic rings. The van der Waals surface area contributed by atoms with Gasteiger partial charge in [0.15, 0.2) is 5.13 Å². The Kier molecular flexibility index (Phi) is 3.45. The lowest BCUT2D eigenvalue weighted by molar-refractivity contribution is 1.31. The quantitative estimate of drug-likeness (QED) is 0.644. The maximum absolute atomic E-state index is 5.81. The van der Waals surface area contributed by atoms with Crippen LogP contribution in [0.15, 0.2) is 41.9 Å². The van der Waals surface area contributed by atoms with Gasteiger partial charge in [-0.2, -0.15) is 0 Å². The fourth-order valence-electron chi connectivity index (χ4n) is 1.91. The molecule has 0 amide bonds. The van der Waals surface area contributed by atoms with Gasteiger partial charge in [-0.25, -0.2) is 9.97 Å². The van der Waals surface area contributed by atoms with Crippen LogP contribution in [0.25, 0.3) is 11.3 Å². The summed E-state index contributed by atoms with van der Waals surface area (Å²) in [6.45, 7) is 2.03. The van der Waals surface area contributed by atoms with Crippen molar-refractivity contribution in [3.8, 4) is 11.3 Å². The van der Waals surface area contributed by atoms with Gasteiger partial charge < -0.3 is 16.8 Å². The molecule has 21 heavy (non-hydrogen) atoms. The molecular formula is C15H15N5S. The van der Waals surface area contributed by atoms with Crippen LogP contribution in [0.1, 0.15) is 5.56 Å². The predicted molar refractivity (Wildman–Crippen MR) is 88.6 cm³/mol. The van der Waals surface area contributed by atoms with E-state index in [-0.39, 0.29) is 0 Å². The van der Waals surface area contributed by atoms with Crippen LogP contribution in [-0.2, 0) is 0 Å². The Morgan fingerprint density at radius 2 is 2.00 bits per heavy atom. The van der Waals surface area contributed by atoms with E-state index in [4.69, 9.17) is 11.5 Å². The number of hydrogen-bond donors (Lipinski definition) is 3. The molecule has 0 unspecified atom stereocenters. The van der Waals surface area contributed by atoms with E-state index in [1.54, 1.807) is 12.3 Å². The van der Waals surface area contributed by atoms with Crippen molar-refractivity contribution >= 4 is 33.7 Å². The molecular weight excluding hydrogens is 282 g/mol. The van der Waals surface area contributed by atoms with Crippen molar-refractivity contribution in [2.24, 2.45) is 0 Å². The number of nitrogen functional groups attached to an aromatic ring is 2. The second kappa shape index (κ2) is 5.41. The lowest BCUT2D eigenvalue weighted by atomic mass is 10.2. The second-order valence-electron chi connectivity index (χ2n) is 4.71. The molecule has 1 aromatic carbocycles. The number of benzene rings is 1. The van der Waals surface area contributed by atoms with Gasteiger partial charge in [0.05, 0.1) is 5.69 Å². The van der Waals surface area contributed by atoms with Crippen molar-refractivity contribution in [3.05, 3.63) is 47.5 Å². The van der Waals surface area contributed by atoms with E-state index in [0.717, 1.165) is 33.3 Å². The Hall–Kier alpha value is -2.60. The monoisotopic (exact) mass is 297 g/mol. The van der Waals surface area contributed by atoms with E-state index in [1.807, 2.05) is 36.6 Å². The maximum Gasteiger partial charge on any atom is 0.187 e. The molecule has 5 N–H and O–H groups in total. The van der Waals surface area contributed by atoms with Gasteiger partial charge in [-0.05, 0) is 36.8 Å². The van der Waals surface area contributed by atoms with Gasteiger partial charge in [-0.15, -0.1) is 11.3 Å². The first-order valence-electron chi connectivity index (χ1n) is 6.42. The average Bonchev–Trinajstić information content (AvgIpc) is 2.92. The maximum atomic E-state index is 5.81. The third kappa shape index (κ3) is 2.95. The minimum atomic E-state index is 0.503. The van der Waals surface area contributed by atoms with Crippen LogP contribution >= 0.6 is 11.3 Å². The third-order valence-electron chi connectivity index (χ3n) is 3.09. The summed E-state index contributed by atoms with van der Waals surface area (Å²) in [5.74, 6) is 0.503. The van der Waals surface area contributed by atoms with Gasteiger partial charge in [0.2, 0.25) is 0 Å². The Morgan fingerprint density at radius 3 is 2.76 bits per heavy atom. The zero-order chi connectivity index (χ0) is 14.8. The molecule has 106 valence electrons. The SMILES string of the molecule is Cc1ccc(N)cc1Nc1nc(-c2ccc(N)nc2)cs1. The molecule has 0 radical (unpaired) electrons. The highest BCUT2D eigenvalue weighted by Crippen LogP contribution is 2.29. The first kappa shape index (κ1) is 13.4. The van der Waals surface area contributed by atoms with Crippen molar-refractivity contribution in [1.29, 1.82) is 0 Å². The molecule has 0 aliphatic rings. The summed E-state index contributed by atoms with van der Waals surface area (Å²) < 4.78 is 0. The molecule has 0 bridgehead atoms. The summed E-state index contributed by atoms with van der Waals surface area (Å²) in [6, 6.07) is 9.45. The molecule has 0 atom stereocenters. The van der Waals surface area contributed by atoms with Crippen LogP contribution in [0.5, 0.6) is 0 Å². The van der Waals surface area contributed by atoms with Crippen LogP contribution in [0.2, 0.25) is 0 Å². The molecule has 3 rings (SSSR count). The van der Waals surface area contributed by atoms with E-state index in [9.17, 15) is 0 Å². The van der Waals surface area contributed by atoms with Crippen LogP contribution < -0.4 is 16.8 Å². The van der Waals surface area contributed by atoms with Gasteiger partial charge in [0.1, 0.15) is 5.82 Å². The highest BCUT2D eigenvalue weighted by atomic mass is 32.1. The van der Waals surface area contributed by atoms with E-state index >= 15 is 0 Å². The van der Waals surface area contributed by atoms with Crippen molar-refractivity contribution in [2.75, 3.05) is 16.8 Å². The molecule has 5 nitrogen and oxygen atoms in total. The number of pyridine rings is 1. The lowest BCUT2D eigenvalue weighted by Crippen LogP contribution is -1.95. The van der Waals surface area contributed by atoms with Gasteiger partial charge in [-0.3, -0.25) is 0 Å². The fraction of sp³-hybridized carbons (Fsp3) is 0.0667. The molecule has 0 saturated carbocycles. The predicted octanol–water partition coefficient (Wildman–Crippen LogP) is 3.42. The first-order chi connectivity index (χ1) is 10.1. The first-order valence-corrected chi connectivity index (χ1v) is 7.30. The third-order valence-corrected chi connectivity index (χ3v) is 3.85. The molecule has 6 heteroatoms. The smallest absolute Gasteiger partial charge is 0.187 e. The Bertz CT molecular complexity index is 764. The minimum absolute atomic E-state index is 0.503. The number of aryl methyl sites for hydroxylation is 1. The van der Waals surface area contributed by atoms with Crippen LogP contribution in [0.3, 0.4) is 0 Å². The largest absolute Gasteiger partial charge is 0.399 e. The van der Waals surface area contributed by atoms with Crippen LogP contribution in [-0.4, -0.2) is 9.97 Å². The molecule has 0 aliphatic heterocycles. The molecule has 0 saturated heterocycles. The van der Waals surface area contributed by atoms with Gasteiger partial charge >= 0.3 is 0 Å². The zero-order valence-corrected chi connectivity index (χ0v) is 12.3. The minimum Gasteiger partial charge on any atom is -0.399 e. The van der Waals surface area contributed by atoms with Crippen molar-refractivity contribution in [3.63, 3.8) is 0 Å². The van der Waals surface area contributed by atoms with E-state index < -0.39 is 0 Å². The number of nitrogens with one attached hydrogen (secondary N) is 1. The highest BCUT2D eigenvalue weighted by Gasteiger charge is 2.07. The van der Waals surface area contributed by atoms with E-state index in [1.165, 1.54) is 11.3 Å². The van der Waals surface area contributed by atoms with Gasteiger partial charge in [0.25, 0.3) is 0 Å². The summed E-state index contributed by atoms with van der Waals surface area (Å²) in [5, 5.41) is 6.10. The number of anilines is 4. The number of rotatable bonds is 3. The average molecular weight is 297 g/mol. The summed E-state index contributed by atoms with van der Waals surface area (Å²) in [6.07, 6.45) is 1.72. The van der Waals surface area contributed by atoms with Crippen molar-refractivity contribution in [2.45, 2.75) is 6.92 Å². The molecule has 0 aliphatic carbocycles. The topological polar surface area (TPSA) is 89.8 Å². The number of hydrogen-bond acceptors (Lipinski definition) is 6. The molecule has 0 fully saturated rings. The van der Waals surface area contributed by atoms with Crippen molar-refractivity contribution < 1.29 is 0 Å². The highest BCUT2D eigenvalue weighted by molar-refractivity contribution is 7.14. The summed E-state index contributed by atoms with van der Waals surface area (Å²) >= 11 is 1.54. The van der Waals surface area contributed by atoms with Gasteiger partial charge in [-0.1, -0.05) is 6.07 Å². The number of nitrogens with zero attached hydrogens (tertiary/aromatic N) is 2. The zero-order valence-electron chi connectivity index (χ0n) is 11.5. The molecule has 2 heterocycles. The summed E-state index contributed by atoms with van der Waals surface area (Å²) in [7, 11) is 0. The van der Waals surface area contributed by atoms with E-state index in [2.05, 4.69) is 15.3 Å². The number of nitrogens with two attached hydrogens (primary N) is 2. The van der Waals surface area contributed by atoms with E-state index in [0.29, 0.717) is 5.82 Å². The Labute approximate surface area is 126 Å². The lowest BCUT2D eigenvalue weighted by Gasteiger charge is -2.07. The fourth-order valence-corrected chi connectivity index (χ4v) is 2.64. The number of aromatic nitrogens is 2. The summed E-state index contributed by atoms with van der Waals surface area (Å²) in [5.41, 5.74) is 16.0. The standard InChI is InChI=1S/C15H15N5S/c1-9-2-4-11(16)6-12(9)19-15-20-13(8-21-15)10-3-5-14(17)18-7-10/h2-8H,16H2,1H3,(H2,17,18)(H,19,20).